The molecule has 2 fully saturated rings. The number of hydrogen-bond acceptors (Lipinski definition) is 9. The van der Waals surface area contributed by atoms with E-state index in [0.29, 0.717) is 30.0 Å². The maximum Gasteiger partial charge on any atom is 0.248 e. The molecule has 1 amide bonds. The second-order valence-corrected chi connectivity index (χ2v) is 10.7. The van der Waals surface area contributed by atoms with Crippen molar-refractivity contribution in [2.24, 2.45) is 0 Å². The van der Waals surface area contributed by atoms with E-state index in [4.69, 9.17) is 9.97 Å². The average molecular weight is 515 g/mol. The number of anilines is 1. The molecule has 2 saturated heterocycles. The Morgan fingerprint density at radius 1 is 1.18 bits per heavy atom. The predicted octanol–water partition coefficient (Wildman–Crippen LogP) is 2.02. The van der Waals surface area contributed by atoms with Crippen LogP contribution in [0.25, 0.3) is 16.8 Å². The lowest BCUT2D eigenvalue weighted by atomic mass is 9.84. The molecule has 0 spiro atoms. The lowest BCUT2D eigenvalue weighted by molar-refractivity contribution is -0.138. The number of aliphatic hydroxyl groups is 1. The fraction of sp³-hybridized carbons (Fsp3) is 0.444. The van der Waals surface area contributed by atoms with Gasteiger partial charge in [-0.15, -0.1) is 0 Å². The van der Waals surface area contributed by atoms with Crippen LogP contribution in [0.15, 0.2) is 36.8 Å². The highest BCUT2D eigenvalue weighted by molar-refractivity contribution is 6.04. The number of hydrogen-bond donors (Lipinski definition) is 3. The van der Waals surface area contributed by atoms with E-state index >= 15 is 0 Å². The Morgan fingerprint density at radius 2 is 2.00 bits per heavy atom. The summed E-state index contributed by atoms with van der Waals surface area (Å²) in [7, 11) is 1.95. The summed E-state index contributed by atoms with van der Waals surface area (Å²) in [6, 6.07) is 4.21. The summed E-state index contributed by atoms with van der Waals surface area (Å²) < 4.78 is 1.74. The van der Waals surface area contributed by atoms with Gasteiger partial charge in [-0.1, -0.05) is 6.07 Å². The van der Waals surface area contributed by atoms with Gasteiger partial charge in [0.1, 0.15) is 12.4 Å². The monoisotopic (exact) mass is 514 g/mol. The van der Waals surface area contributed by atoms with Crippen molar-refractivity contribution < 1.29 is 14.7 Å². The van der Waals surface area contributed by atoms with Crippen molar-refractivity contribution >= 4 is 23.2 Å². The molecule has 11 nitrogen and oxygen atoms in total. The van der Waals surface area contributed by atoms with Crippen LogP contribution in [0.1, 0.15) is 65.8 Å². The van der Waals surface area contributed by atoms with E-state index in [1.807, 2.05) is 41.5 Å². The minimum absolute atomic E-state index is 0.0314. The molecule has 7 heterocycles. The third-order valence-corrected chi connectivity index (χ3v) is 8.40. The number of carbonyl (C=O) groups is 2. The van der Waals surface area contributed by atoms with Gasteiger partial charge in [0.15, 0.2) is 11.4 Å². The summed E-state index contributed by atoms with van der Waals surface area (Å²) in [6.45, 7) is 0.0936. The van der Waals surface area contributed by atoms with Gasteiger partial charge in [0.05, 0.1) is 29.2 Å². The number of nitrogens with zero attached hydrogens (tertiary/aromatic N) is 6. The number of carbonyl (C=O) groups excluding carboxylic acids is 2. The normalized spacial score (nSPS) is 26.2. The minimum atomic E-state index is -0.463. The fourth-order valence-corrected chi connectivity index (χ4v) is 6.69. The van der Waals surface area contributed by atoms with E-state index in [-0.39, 0.29) is 35.7 Å². The standard InChI is InChI=1S/C27H30N8O3/c1-33-9-7-21(32-33)20-5-2-15(12-29-20)19-13-30-35-26(19)31-25(24-22(37)6-8-28-27(24)35)16-10-17-3-4-18(11-16)34(17)23(38)14-36/h2,5,7,9,12-13,16-18,21,28,32,36H,3-4,6,8,10-11,14H2,1H3. The highest BCUT2D eigenvalue weighted by atomic mass is 16.3. The van der Waals surface area contributed by atoms with Crippen LogP contribution in [0, 0.1) is 0 Å². The smallest absolute Gasteiger partial charge is 0.248 e. The van der Waals surface area contributed by atoms with E-state index in [2.05, 4.69) is 21.9 Å². The molecular formula is C27H30N8O3. The summed E-state index contributed by atoms with van der Waals surface area (Å²) in [5, 5.41) is 19.4. The van der Waals surface area contributed by atoms with Crippen molar-refractivity contribution in [2.45, 2.75) is 56.1 Å². The highest BCUT2D eigenvalue weighted by Crippen LogP contribution is 2.45. The number of hydrazine groups is 1. The SMILES string of the molecule is CN1C=CC(c2ccc(-c3cnn4c5c(c(C6CC7CCC(C6)N7C(=O)CO)nc34)C(=O)CCN5)cn2)N1. The number of aliphatic hydroxyl groups excluding tert-OH is 1. The van der Waals surface area contributed by atoms with Crippen molar-refractivity contribution in [1.29, 1.82) is 0 Å². The number of Topliss-reactive ketones (excluding diaryl/α,β-unsaturated/α-hetero) is 1. The van der Waals surface area contributed by atoms with Crippen molar-refractivity contribution in [3.63, 3.8) is 0 Å². The second kappa shape index (κ2) is 8.88. The molecule has 3 aromatic rings. The molecule has 3 aromatic heterocycles. The summed E-state index contributed by atoms with van der Waals surface area (Å²) in [5.74, 6) is 0.623. The van der Waals surface area contributed by atoms with Gasteiger partial charge in [-0.3, -0.25) is 14.6 Å². The number of fused-ring (bicyclic) bond motifs is 5. The molecule has 2 bridgehead atoms. The van der Waals surface area contributed by atoms with Crippen LogP contribution in [0.3, 0.4) is 0 Å². The number of pyridine rings is 1. The lowest BCUT2D eigenvalue weighted by Crippen LogP contribution is -2.47. The zero-order chi connectivity index (χ0) is 26.0. The van der Waals surface area contributed by atoms with Crippen LogP contribution in [-0.4, -0.2) is 78.6 Å². The summed E-state index contributed by atoms with van der Waals surface area (Å²) in [5.41, 5.74) is 8.11. The Bertz CT molecular complexity index is 1450. The van der Waals surface area contributed by atoms with Crippen molar-refractivity contribution in [3.8, 4) is 11.1 Å². The maximum absolute atomic E-state index is 13.2. The molecule has 7 rings (SSSR count). The Morgan fingerprint density at radius 3 is 2.68 bits per heavy atom. The van der Waals surface area contributed by atoms with E-state index in [1.165, 1.54) is 0 Å². The Kier molecular flexibility index (Phi) is 5.45. The highest BCUT2D eigenvalue weighted by Gasteiger charge is 2.45. The quantitative estimate of drug-likeness (QED) is 0.479. The Labute approximate surface area is 219 Å². The summed E-state index contributed by atoms with van der Waals surface area (Å²) in [6.07, 6.45) is 11.4. The molecule has 0 aliphatic carbocycles. The van der Waals surface area contributed by atoms with Crippen molar-refractivity contribution in [3.05, 3.63) is 53.8 Å². The molecule has 4 aliphatic rings. The summed E-state index contributed by atoms with van der Waals surface area (Å²) >= 11 is 0. The van der Waals surface area contributed by atoms with Crippen LogP contribution in [-0.2, 0) is 4.79 Å². The van der Waals surface area contributed by atoms with E-state index in [1.54, 1.807) is 10.7 Å². The molecule has 0 aromatic carbocycles. The summed E-state index contributed by atoms with van der Waals surface area (Å²) in [4.78, 5) is 37.3. The first kappa shape index (κ1) is 23.3. The zero-order valence-corrected chi connectivity index (χ0v) is 21.2. The molecule has 3 N–H and O–H groups in total. The molecule has 0 radical (unpaired) electrons. The van der Waals surface area contributed by atoms with Gasteiger partial charge in [-0.2, -0.15) is 9.61 Å². The number of aromatic nitrogens is 4. The Hall–Kier alpha value is -3.83. The van der Waals surface area contributed by atoms with Gasteiger partial charge in [-0.05, 0) is 37.8 Å². The van der Waals surface area contributed by atoms with Gasteiger partial charge in [0.25, 0.3) is 0 Å². The van der Waals surface area contributed by atoms with E-state index < -0.39 is 6.61 Å². The molecule has 3 atom stereocenters. The van der Waals surface area contributed by atoms with Crippen molar-refractivity contribution in [1.82, 2.24) is 34.9 Å². The first-order chi connectivity index (χ1) is 18.5. The van der Waals surface area contributed by atoms with Crippen LogP contribution < -0.4 is 10.7 Å². The molecule has 196 valence electrons. The molecular weight excluding hydrogens is 484 g/mol. The first-order valence-electron chi connectivity index (χ1n) is 13.3. The number of piperidine rings is 1. The van der Waals surface area contributed by atoms with E-state index in [9.17, 15) is 14.7 Å². The second-order valence-electron chi connectivity index (χ2n) is 10.7. The average Bonchev–Trinajstić information content (AvgIpc) is 3.63. The molecule has 4 aliphatic heterocycles. The first-order valence-corrected chi connectivity index (χ1v) is 13.3. The van der Waals surface area contributed by atoms with Gasteiger partial charge in [-0.25, -0.2) is 10.4 Å². The molecule has 3 unspecified atom stereocenters. The number of amides is 1. The van der Waals surface area contributed by atoms with Crippen LogP contribution in [0.4, 0.5) is 5.82 Å². The van der Waals surface area contributed by atoms with Gasteiger partial charge in [0.2, 0.25) is 5.91 Å². The maximum atomic E-state index is 13.2. The van der Waals surface area contributed by atoms with Gasteiger partial charge >= 0.3 is 0 Å². The topological polar surface area (TPSA) is 128 Å². The lowest BCUT2D eigenvalue weighted by Gasteiger charge is -2.39. The number of ketones is 1. The van der Waals surface area contributed by atoms with Crippen LogP contribution in [0.2, 0.25) is 0 Å². The molecule has 38 heavy (non-hydrogen) atoms. The van der Waals surface area contributed by atoms with Crippen LogP contribution in [0.5, 0.6) is 0 Å². The van der Waals surface area contributed by atoms with E-state index in [0.717, 1.165) is 48.2 Å². The Balaban J connectivity index is 1.29. The molecule has 0 saturated carbocycles. The van der Waals surface area contributed by atoms with Gasteiger partial charge in [0, 0.05) is 61.5 Å². The van der Waals surface area contributed by atoms with Gasteiger partial charge < -0.3 is 20.3 Å². The van der Waals surface area contributed by atoms with Crippen LogP contribution >= 0.6 is 0 Å². The largest absolute Gasteiger partial charge is 0.387 e. The minimum Gasteiger partial charge on any atom is -0.387 e. The predicted molar refractivity (Wildman–Crippen MR) is 139 cm³/mol. The number of nitrogens with one attached hydrogen (secondary N) is 2. The third-order valence-electron chi connectivity index (χ3n) is 8.40. The number of rotatable bonds is 4. The fourth-order valence-electron chi connectivity index (χ4n) is 6.69. The zero-order valence-electron chi connectivity index (χ0n) is 21.2. The van der Waals surface area contributed by atoms with Crippen molar-refractivity contribution in [2.75, 3.05) is 25.5 Å². The third kappa shape index (κ3) is 3.60. The molecule has 11 heteroatoms.